The first-order valence-electron chi connectivity index (χ1n) is 6.18. The summed E-state index contributed by atoms with van der Waals surface area (Å²) in [5, 5.41) is 0. The average Bonchev–Trinajstić information content (AvgIpc) is 2.35. The van der Waals surface area contributed by atoms with Gasteiger partial charge in [0.1, 0.15) is 0 Å². The summed E-state index contributed by atoms with van der Waals surface area (Å²) in [6.07, 6.45) is -5.48. The summed E-state index contributed by atoms with van der Waals surface area (Å²) in [6, 6.07) is 5.89. The second-order valence-corrected chi connectivity index (χ2v) is 4.80. The SMILES string of the molecule is COC(=O)C(Cc1ccc(C)cc1)C(N)CC(F)(F)F. The van der Waals surface area contributed by atoms with E-state index in [2.05, 4.69) is 4.74 Å². The first kappa shape index (κ1) is 16.5. The lowest BCUT2D eigenvalue weighted by Gasteiger charge is -2.22. The molecule has 0 aromatic heterocycles. The van der Waals surface area contributed by atoms with Crippen molar-refractivity contribution in [2.45, 2.75) is 32.0 Å². The molecule has 0 aliphatic rings. The molecule has 20 heavy (non-hydrogen) atoms. The quantitative estimate of drug-likeness (QED) is 0.848. The number of ether oxygens (including phenoxy) is 1. The van der Waals surface area contributed by atoms with Crippen molar-refractivity contribution in [3.63, 3.8) is 0 Å². The maximum Gasteiger partial charge on any atom is 0.390 e. The minimum Gasteiger partial charge on any atom is -0.469 e. The molecule has 0 radical (unpaired) electrons. The van der Waals surface area contributed by atoms with Crippen LogP contribution in [0.25, 0.3) is 0 Å². The van der Waals surface area contributed by atoms with Crippen molar-refractivity contribution in [3.05, 3.63) is 35.4 Å². The molecular weight excluding hydrogens is 271 g/mol. The van der Waals surface area contributed by atoms with Crippen LogP contribution in [0, 0.1) is 12.8 Å². The Kier molecular flexibility index (Phi) is 5.56. The molecule has 0 fully saturated rings. The largest absolute Gasteiger partial charge is 0.469 e. The molecule has 0 aliphatic heterocycles. The second kappa shape index (κ2) is 6.74. The molecule has 2 unspecified atom stereocenters. The van der Waals surface area contributed by atoms with Gasteiger partial charge in [0.05, 0.1) is 19.4 Å². The van der Waals surface area contributed by atoms with Crippen LogP contribution in [-0.4, -0.2) is 25.3 Å². The van der Waals surface area contributed by atoms with Gasteiger partial charge < -0.3 is 10.5 Å². The number of carbonyl (C=O) groups is 1. The van der Waals surface area contributed by atoms with Gasteiger partial charge >= 0.3 is 12.1 Å². The molecular formula is C14H18F3NO2. The molecule has 0 amide bonds. The molecule has 0 bridgehead atoms. The average molecular weight is 289 g/mol. The highest BCUT2D eigenvalue weighted by molar-refractivity contribution is 5.73. The number of hydrogen-bond donors (Lipinski definition) is 1. The van der Waals surface area contributed by atoms with Crippen LogP contribution in [0.5, 0.6) is 0 Å². The molecule has 6 heteroatoms. The first-order chi connectivity index (χ1) is 9.23. The fraction of sp³-hybridized carbons (Fsp3) is 0.500. The Morgan fingerprint density at radius 3 is 2.30 bits per heavy atom. The van der Waals surface area contributed by atoms with Crippen LogP contribution in [0.2, 0.25) is 0 Å². The first-order valence-corrected chi connectivity index (χ1v) is 6.18. The zero-order valence-corrected chi connectivity index (χ0v) is 11.4. The van der Waals surface area contributed by atoms with Gasteiger partial charge in [-0.3, -0.25) is 4.79 Å². The van der Waals surface area contributed by atoms with Crippen LogP contribution in [0.1, 0.15) is 17.5 Å². The molecule has 0 spiro atoms. The van der Waals surface area contributed by atoms with Crippen molar-refractivity contribution in [2.24, 2.45) is 11.7 Å². The maximum absolute atomic E-state index is 12.4. The molecule has 112 valence electrons. The van der Waals surface area contributed by atoms with Crippen LogP contribution in [0.4, 0.5) is 13.2 Å². The third-order valence-electron chi connectivity index (χ3n) is 3.06. The fourth-order valence-corrected chi connectivity index (χ4v) is 1.95. The van der Waals surface area contributed by atoms with E-state index in [4.69, 9.17) is 5.73 Å². The van der Waals surface area contributed by atoms with Crippen molar-refractivity contribution < 1.29 is 22.7 Å². The number of methoxy groups -OCH3 is 1. The molecule has 0 heterocycles. The zero-order chi connectivity index (χ0) is 15.3. The van der Waals surface area contributed by atoms with E-state index in [0.29, 0.717) is 0 Å². The van der Waals surface area contributed by atoms with Crippen LogP contribution in [0.3, 0.4) is 0 Å². The summed E-state index contributed by atoms with van der Waals surface area (Å²) >= 11 is 0. The minimum atomic E-state index is -4.40. The lowest BCUT2D eigenvalue weighted by atomic mass is 9.90. The van der Waals surface area contributed by atoms with Gasteiger partial charge in [0, 0.05) is 6.04 Å². The predicted molar refractivity (Wildman–Crippen MR) is 69.0 cm³/mol. The molecule has 0 aliphatic carbocycles. The Morgan fingerprint density at radius 1 is 1.30 bits per heavy atom. The van der Waals surface area contributed by atoms with Crippen molar-refractivity contribution >= 4 is 5.97 Å². The number of halogens is 3. The van der Waals surface area contributed by atoms with Gasteiger partial charge in [0.25, 0.3) is 0 Å². The van der Waals surface area contributed by atoms with Crippen LogP contribution in [-0.2, 0) is 16.0 Å². The number of nitrogens with two attached hydrogens (primary N) is 1. The number of carbonyl (C=O) groups excluding carboxylic acids is 1. The molecule has 3 nitrogen and oxygen atoms in total. The number of benzene rings is 1. The number of aryl methyl sites for hydroxylation is 1. The highest BCUT2D eigenvalue weighted by atomic mass is 19.4. The van der Waals surface area contributed by atoms with Crippen LogP contribution in [0.15, 0.2) is 24.3 Å². The van der Waals surface area contributed by atoms with E-state index in [9.17, 15) is 18.0 Å². The maximum atomic E-state index is 12.4. The zero-order valence-electron chi connectivity index (χ0n) is 11.4. The molecule has 1 aromatic carbocycles. The highest BCUT2D eigenvalue weighted by Gasteiger charge is 2.37. The lowest BCUT2D eigenvalue weighted by Crippen LogP contribution is -2.40. The summed E-state index contributed by atoms with van der Waals surface area (Å²) in [5.74, 6) is -1.73. The number of hydrogen-bond acceptors (Lipinski definition) is 3. The Morgan fingerprint density at radius 2 is 1.85 bits per heavy atom. The second-order valence-electron chi connectivity index (χ2n) is 4.80. The van der Waals surface area contributed by atoms with E-state index >= 15 is 0 Å². The Labute approximate surface area is 115 Å². The van der Waals surface area contributed by atoms with Gasteiger partial charge in [0.2, 0.25) is 0 Å². The smallest absolute Gasteiger partial charge is 0.390 e. The molecule has 1 rings (SSSR count). The Hall–Kier alpha value is -1.56. The molecule has 0 saturated heterocycles. The van der Waals surface area contributed by atoms with Gasteiger partial charge in [-0.1, -0.05) is 29.8 Å². The molecule has 1 aromatic rings. The van der Waals surface area contributed by atoms with Crippen molar-refractivity contribution in [3.8, 4) is 0 Å². The number of esters is 1. The van der Waals surface area contributed by atoms with E-state index in [1.165, 1.54) is 0 Å². The fourth-order valence-electron chi connectivity index (χ4n) is 1.95. The predicted octanol–water partition coefficient (Wildman–Crippen LogP) is 2.61. The van der Waals surface area contributed by atoms with E-state index in [-0.39, 0.29) is 6.42 Å². The normalized spacial score (nSPS) is 14.7. The molecule has 2 atom stereocenters. The van der Waals surface area contributed by atoms with Gasteiger partial charge in [0.15, 0.2) is 0 Å². The summed E-state index contributed by atoms with van der Waals surface area (Å²) in [6.45, 7) is 1.90. The minimum absolute atomic E-state index is 0.129. The molecule has 0 saturated carbocycles. The standard InChI is InChI=1S/C14H18F3NO2/c1-9-3-5-10(6-4-9)7-11(13(19)20-2)12(18)8-14(15,16)17/h3-6,11-12H,7-8,18H2,1-2H3. The molecule has 2 N–H and O–H groups in total. The Bertz CT molecular complexity index is 443. The van der Waals surface area contributed by atoms with E-state index in [0.717, 1.165) is 18.2 Å². The van der Waals surface area contributed by atoms with E-state index in [1.807, 2.05) is 19.1 Å². The van der Waals surface area contributed by atoms with E-state index in [1.54, 1.807) is 12.1 Å². The van der Waals surface area contributed by atoms with Crippen molar-refractivity contribution in [2.75, 3.05) is 7.11 Å². The van der Waals surface area contributed by atoms with Crippen molar-refractivity contribution in [1.29, 1.82) is 0 Å². The highest BCUT2D eigenvalue weighted by Crippen LogP contribution is 2.25. The van der Waals surface area contributed by atoms with Crippen LogP contribution >= 0.6 is 0 Å². The summed E-state index contributed by atoms with van der Waals surface area (Å²) in [5.41, 5.74) is 7.32. The van der Waals surface area contributed by atoms with E-state index < -0.39 is 30.5 Å². The summed E-state index contributed by atoms with van der Waals surface area (Å²) in [4.78, 5) is 11.6. The third kappa shape index (κ3) is 5.21. The Balaban J connectivity index is 2.84. The summed E-state index contributed by atoms with van der Waals surface area (Å²) < 4.78 is 41.7. The van der Waals surface area contributed by atoms with Gasteiger partial charge in [-0.25, -0.2) is 0 Å². The number of rotatable bonds is 5. The third-order valence-corrected chi connectivity index (χ3v) is 3.06. The lowest BCUT2D eigenvalue weighted by molar-refractivity contribution is -0.153. The van der Waals surface area contributed by atoms with Crippen molar-refractivity contribution in [1.82, 2.24) is 0 Å². The van der Waals surface area contributed by atoms with Gasteiger partial charge in [-0.15, -0.1) is 0 Å². The van der Waals surface area contributed by atoms with Gasteiger partial charge in [-0.05, 0) is 18.9 Å². The van der Waals surface area contributed by atoms with Crippen LogP contribution < -0.4 is 5.73 Å². The topological polar surface area (TPSA) is 52.3 Å². The van der Waals surface area contributed by atoms with Gasteiger partial charge in [-0.2, -0.15) is 13.2 Å². The number of alkyl halides is 3. The monoisotopic (exact) mass is 289 g/mol. The summed E-state index contributed by atoms with van der Waals surface area (Å²) in [7, 11) is 1.14.